The Kier molecular flexibility index (Phi) is 45.2. The smallest absolute Gasteiger partial charge is 0.305 e. The number of nitrogens with one attached hydrogen (secondary N) is 1. The monoisotopic (exact) mass is 802 g/mol. The Balaban J connectivity index is 3.45. The van der Waals surface area contributed by atoms with Gasteiger partial charge in [-0.3, -0.25) is 9.59 Å². The third-order valence-corrected chi connectivity index (χ3v) is 11.2. The molecule has 0 bridgehead atoms. The summed E-state index contributed by atoms with van der Waals surface area (Å²) in [5, 5.41) is 23.0. The van der Waals surface area contributed by atoms with Crippen LogP contribution in [0.1, 0.15) is 251 Å². The van der Waals surface area contributed by atoms with E-state index in [0.717, 1.165) is 64.2 Å². The second kappa shape index (κ2) is 46.8. The summed E-state index contributed by atoms with van der Waals surface area (Å²) in [5.74, 6) is -0.0686. The van der Waals surface area contributed by atoms with E-state index >= 15 is 0 Å². The molecular weight excluding hydrogens is 707 g/mol. The van der Waals surface area contributed by atoms with Crippen molar-refractivity contribution < 1.29 is 24.5 Å². The van der Waals surface area contributed by atoms with Crippen LogP contribution in [-0.4, -0.2) is 47.4 Å². The van der Waals surface area contributed by atoms with Gasteiger partial charge in [-0.2, -0.15) is 0 Å². The van der Waals surface area contributed by atoms with Crippen molar-refractivity contribution in [1.29, 1.82) is 0 Å². The van der Waals surface area contributed by atoms with E-state index in [0.29, 0.717) is 25.9 Å². The van der Waals surface area contributed by atoms with Crippen LogP contribution in [0.3, 0.4) is 0 Å². The summed E-state index contributed by atoms with van der Waals surface area (Å²) in [5.41, 5.74) is 0. The Bertz CT molecular complexity index is 931. The molecule has 2 atom stereocenters. The third-order valence-electron chi connectivity index (χ3n) is 11.2. The Morgan fingerprint density at radius 3 is 1.40 bits per heavy atom. The van der Waals surface area contributed by atoms with Crippen molar-refractivity contribution in [3.05, 3.63) is 36.5 Å². The van der Waals surface area contributed by atoms with Crippen LogP contribution in [0.5, 0.6) is 0 Å². The lowest BCUT2D eigenvalue weighted by Gasteiger charge is -2.22. The molecule has 0 aliphatic heterocycles. The van der Waals surface area contributed by atoms with E-state index in [2.05, 4.69) is 55.6 Å². The molecule has 6 heteroatoms. The predicted octanol–water partition coefficient (Wildman–Crippen LogP) is 14.5. The lowest BCUT2D eigenvalue weighted by molar-refractivity contribution is -0.143. The lowest BCUT2D eigenvalue weighted by atomic mass is 10.0. The molecule has 0 aliphatic rings. The first-order valence-corrected chi connectivity index (χ1v) is 24.7. The number of aliphatic hydroxyl groups excluding tert-OH is 2. The van der Waals surface area contributed by atoms with Crippen LogP contribution in [0.15, 0.2) is 36.5 Å². The average molecular weight is 802 g/mol. The zero-order valence-corrected chi connectivity index (χ0v) is 37.8. The van der Waals surface area contributed by atoms with Crippen LogP contribution < -0.4 is 5.32 Å². The number of hydrogen-bond donors (Lipinski definition) is 3. The van der Waals surface area contributed by atoms with Gasteiger partial charge in [0.15, 0.2) is 0 Å². The highest BCUT2D eigenvalue weighted by atomic mass is 16.5. The van der Waals surface area contributed by atoms with Gasteiger partial charge >= 0.3 is 5.97 Å². The molecule has 3 N–H and O–H groups in total. The summed E-state index contributed by atoms with van der Waals surface area (Å²) >= 11 is 0. The van der Waals surface area contributed by atoms with Crippen molar-refractivity contribution in [3.63, 3.8) is 0 Å². The lowest BCUT2D eigenvalue weighted by Crippen LogP contribution is -2.45. The number of hydrogen-bond acceptors (Lipinski definition) is 5. The number of aliphatic hydroxyl groups is 2. The highest BCUT2D eigenvalue weighted by molar-refractivity contribution is 5.76. The highest BCUT2D eigenvalue weighted by Gasteiger charge is 2.20. The number of carbonyl (C=O) groups excluding carboxylic acids is 2. The Labute approximate surface area is 353 Å². The Hall–Kier alpha value is -1.92. The zero-order chi connectivity index (χ0) is 41.5. The van der Waals surface area contributed by atoms with Gasteiger partial charge in [-0.05, 0) is 77.0 Å². The predicted molar refractivity (Wildman–Crippen MR) is 246 cm³/mol. The third kappa shape index (κ3) is 43.5. The molecule has 2 unspecified atom stereocenters. The molecule has 0 aliphatic carbocycles. The SMILES string of the molecule is CCCC/C=C\C/C=C\CCCCCCCC(=O)OCCCCCCCC/C=C\CCCCCCCCCC(=O)NC(CO)C(O)CCCCCCCCCCC. The largest absolute Gasteiger partial charge is 0.466 e. The first kappa shape index (κ1) is 55.1. The minimum absolute atomic E-state index is 0.0174. The standard InChI is InChI=1S/C51H95NO5/c1-3-5-7-9-11-13-14-15-22-25-29-33-37-41-45-51(56)57-46-42-38-34-30-26-23-20-18-16-17-19-21-24-28-32-36-40-44-50(55)52-48(47-53)49(54)43-39-35-31-27-12-10-8-6-4-2/h9,11,14-16,18,48-49,53-54H,3-8,10,12-13,17,19-47H2,1-2H3,(H,52,55)/b11-9-,15-14-,18-16-. The highest BCUT2D eigenvalue weighted by Crippen LogP contribution is 2.15. The number of allylic oxidation sites excluding steroid dienone is 6. The van der Waals surface area contributed by atoms with Crippen molar-refractivity contribution in [2.24, 2.45) is 0 Å². The van der Waals surface area contributed by atoms with Gasteiger partial charge in [0, 0.05) is 12.8 Å². The van der Waals surface area contributed by atoms with Crippen LogP contribution in [0.2, 0.25) is 0 Å². The quantitative estimate of drug-likeness (QED) is 0.0324. The molecule has 0 aromatic heterocycles. The second-order valence-corrected chi connectivity index (χ2v) is 16.8. The molecule has 0 rings (SSSR count). The van der Waals surface area contributed by atoms with Gasteiger partial charge in [0.1, 0.15) is 0 Å². The van der Waals surface area contributed by atoms with Crippen molar-refractivity contribution in [3.8, 4) is 0 Å². The average Bonchev–Trinajstić information content (AvgIpc) is 3.21. The van der Waals surface area contributed by atoms with Gasteiger partial charge in [0.05, 0.1) is 25.4 Å². The normalized spacial score (nSPS) is 13.0. The summed E-state index contributed by atoms with van der Waals surface area (Å²) in [6.07, 6.45) is 55.4. The van der Waals surface area contributed by atoms with E-state index in [4.69, 9.17) is 4.74 Å². The fraction of sp³-hybridized carbons (Fsp3) is 0.843. The van der Waals surface area contributed by atoms with E-state index in [1.807, 2.05) is 0 Å². The summed E-state index contributed by atoms with van der Waals surface area (Å²) < 4.78 is 5.45. The summed E-state index contributed by atoms with van der Waals surface area (Å²) in [6, 6.07) is -0.549. The summed E-state index contributed by atoms with van der Waals surface area (Å²) in [4.78, 5) is 24.4. The molecule has 0 saturated carbocycles. The number of rotatable bonds is 45. The maximum atomic E-state index is 12.4. The molecule has 6 nitrogen and oxygen atoms in total. The molecule has 0 radical (unpaired) electrons. The van der Waals surface area contributed by atoms with E-state index in [1.54, 1.807) is 0 Å². The van der Waals surface area contributed by atoms with Gasteiger partial charge in [-0.25, -0.2) is 0 Å². The molecule has 0 spiro atoms. The van der Waals surface area contributed by atoms with E-state index < -0.39 is 12.1 Å². The zero-order valence-electron chi connectivity index (χ0n) is 37.8. The maximum absolute atomic E-state index is 12.4. The van der Waals surface area contributed by atoms with Gasteiger partial charge < -0.3 is 20.3 Å². The topological polar surface area (TPSA) is 95.9 Å². The molecule has 57 heavy (non-hydrogen) atoms. The molecule has 0 aromatic carbocycles. The summed E-state index contributed by atoms with van der Waals surface area (Å²) in [6.45, 7) is 4.85. The number of esters is 1. The first-order chi connectivity index (χ1) is 28.0. The second-order valence-electron chi connectivity index (χ2n) is 16.8. The van der Waals surface area contributed by atoms with Gasteiger partial charge in [-0.15, -0.1) is 0 Å². The van der Waals surface area contributed by atoms with Gasteiger partial charge in [-0.1, -0.05) is 198 Å². The van der Waals surface area contributed by atoms with Crippen LogP contribution >= 0.6 is 0 Å². The molecule has 0 saturated heterocycles. The van der Waals surface area contributed by atoms with E-state index in [9.17, 15) is 19.8 Å². The molecule has 1 amide bonds. The van der Waals surface area contributed by atoms with Gasteiger partial charge in [0.2, 0.25) is 5.91 Å². The van der Waals surface area contributed by atoms with E-state index in [1.165, 1.54) is 154 Å². The van der Waals surface area contributed by atoms with Gasteiger partial charge in [0.25, 0.3) is 0 Å². The molecule has 0 heterocycles. The maximum Gasteiger partial charge on any atom is 0.305 e. The minimum atomic E-state index is -0.670. The van der Waals surface area contributed by atoms with Crippen LogP contribution in [0.25, 0.3) is 0 Å². The number of unbranched alkanes of at least 4 members (excludes halogenated alkanes) is 28. The molecule has 0 aromatic rings. The van der Waals surface area contributed by atoms with Crippen LogP contribution in [0.4, 0.5) is 0 Å². The van der Waals surface area contributed by atoms with Crippen molar-refractivity contribution in [1.82, 2.24) is 5.32 Å². The van der Waals surface area contributed by atoms with Crippen LogP contribution in [0, 0.1) is 0 Å². The number of amides is 1. The Morgan fingerprint density at radius 2 is 0.895 bits per heavy atom. The number of carbonyl (C=O) groups is 2. The molecule has 0 fully saturated rings. The molecular formula is C51H95NO5. The first-order valence-electron chi connectivity index (χ1n) is 24.7. The van der Waals surface area contributed by atoms with Crippen LogP contribution in [-0.2, 0) is 14.3 Å². The van der Waals surface area contributed by atoms with Crippen molar-refractivity contribution in [2.45, 2.75) is 264 Å². The minimum Gasteiger partial charge on any atom is -0.466 e. The van der Waals surface area contributed by atoms with Crippen molar-refractivity contribution >= 4 is 11.9 Å². The molecule has 334 valence electrons. The summed E-state index contributed by atoms with van der Waals surface area (Å²) in [7, 11) is 0. The van der Waals surface area contributed by atoms with E-state index in [-0.39, 0.29) is 18.5 Å². The fourth-order valence-corrected chi connectivity index (χ4v) is 7.30. The van der Waals surface area contributed by atoms with Crippen molar-refractivity contribution in [2.75, 3.05) is 13.2 Å². The fourth-order valence-electron chi connectivity index (χ4n) is 7.30. The Morgan fingerprint density at radius 1 is 0.491 bits per heavy atom. The number of ether oxygens (including phenoxy) is 1.